The van der Waals surface area contributed by atoms with Crippen LogP contribution in [0.1, 0.15) is 31.4 Å². The van der Waals surface area contributed by atoms with Crippen molar-refractivity contribution in [3.8, 4) is 0 Å². The summed E-state index contributed by atoms with van der Waals surface area (Å²) in [5.74, 6) is 0. The van der Waals surface area contributed by atoms with Crippen molar-refractivity contribution < 1.29 is 0 Å². The van der Waals surface area contributed by atoms with E-state index in [4.69, 9.17) is 11.6 Å². The number of nitrogens with one attached hydrogen (secondary N) is 1. The van der Waals surface area contributed by atoms with Crippen LogP contribution < -0.4 is 10.2 Å². The Labute approximate surface area is 131 Å². The van der Waals surface area contributed by atoms with Gasteiger partial charge in [0.2, 0.25) is 0 Å². The summed E-state index contributed by atoms with van der Waals surface area (Å²) in [5, 5.41) is 4.35. The van der Waals surface area contributed by atoms with E-state index < -0.39 is 0 Å². The maximum atomic E-state index is 6.07. The summed E-state index contributed by atoms with van der Waals surface area (Å²) >= 11 is 6.07. The molecule has 1 heterocycles. The van der Waals surface area contributed by atoms with Crippen molar-refractivity contribution in [3.05, 3.63) is 59.1 Å². The molecule has 1 aliphatic rings. The molecule has 0 amide bonds. The molecule has 0 aliphatic carbocycles. The van der Waals surface area contributed by atoms with Gasteiger partial charge in [-0.1, -0.05) is 29.8 Å². The Kier molecular flexibility index (Phi) is 4.35. The zero-order chi connectivity index (χ0) is 14.7. The van der Waals surface area contributed by atoms with E-state index in [1.807, 2.05) is 18.2 Å². The highest BCUT2D eigenvalue weighted by Gasteiger charge is 2.13. The third-order valence-electron chi connectivity index (χ3n) is 4.05. The third-order valence-corrected chi connectivity index (χ3v) is 4.28. The van der Waals surface area contributed by atoms with Gasteiger partial charge in [0, 0.05) is 35.5 Å². The van der Waals surface area contributed by atoms with E-state index in [1.165, 1.54) is 37.2 Å². The molecule has 0 aromatic heterocycles. The molecule has 1 N–H and O–H groups in total. The molecule has 1 saturated heterocycles. The Balaban J connectivity index is 1.73. The van der Waals surface area contributed by atoms with E-state index in [1.54, 1.807) is 0 Å². The Hall–Kier alpha value is -1.67. The van der Waals surface area contributed by atoms with E-state index in [-0.39, 0.29) is 6.04 Å². The van der Waals surface area contributed by atoms with Crippen LogP contribution in [0, 0.1) is 0 Å². The maximum Gasteiger partial charge on any atom is 0.0486 e. The van der Waals surface area contributed by atoms with Gasteiger partial charge in [-0.25, -0.2) is 0 Å². The van der Waals surface area contributed by atoms with Crippen LogP contribution in [0.3, 0.4) is 0 Å². The van der Waals surface area contributed by atoms with E-state index in [9.17, 15) is 0 Å². The highest BCUT2D eigenvalue weighted by atomic mass is 35.5. The lowest BCUT2D eigenvalue weighted by atomic mass is 10.1. The number of rotatable bonds is 4. The molecule has 2 nitrogen and oxygen atoms in total. The second-order valence-corrected chi connectivity index (χ2v) is 6.10. The third kappa shape index (κ3) is 3.51. The molecule has 21 heavy (non-hydrogen) atoms. The summed E-state index contributed by atoms with van der Waals surface area (Å²) in [7, 11) is 0. The molecule has 3 heteroatoms. The zero-order valence-electron chi connectivity index (χ0n) is 12.3. The first-order valence-electron chi connectivity index (χ1n) is 7.59. The molecule has 1 atom stereocenters. The molecule has 2 aromatic rings. The number of anilines is 2. The van der Waals surface area contributed by atoms with Crippen molar-refractivity contribution in [3.63, 3.8) is 0 Å². The molecule has 1 aliphatic heterocycles. The predicted octanol–water partition coefficient (Wildman–Crippen LogP) is 5.11. The molecule has 1 fully saturated rings. The smallest absolute Gasteiger partial charge is 0.0486 e. The Morgan fingerprint density at radius 2 is 1.81 bits per heavy atom. The van der Waals surface area contributed by atoms with Gasteiger partial charge in [0.05, 0.1) is 0 Å². The molecular formula is C18H21ClN2. The van der Waals surface area contributed by atoms with Crippen LogP contribution in [0.25, 0.3) is 0 Å². The average molecular weight is 301 g/mol. The lowest BCUT2D eigenvalue weighted by Crippen LogP contribution is -2.17. The van der Waals surface area contributed by atoms with Crippen LogP contribution in [0.15, 0.2) is 48.5 Å². The number of hydrogen-bond donors (Lipinski definition) is 1. The fourth-order valence-corrected chi connectivity index (χ4v) is 3.08. The first-order chi connectivity index (χ1) is 10.2. The summed E-state index contributed by atoms with van der Waals surface area (Å²) in [6.45, 7) is 4.51. The first kappa shape index (κ1) is 14.3. The monoisotopic (exact) mass is 300 g/mol. The number of nitrogens with zero attached hydrogens (tertiary/aromatic N) is 1. The highest BCUT2D eigenvalue weighted by molar-refractivity contribution is 6.30. The fourth-order valence-electron chi connectivity index (χ4n) is 2.88. The Morgan fingerprint density at radius 1 is 1.05 bits per heavy atom. The van der Waals surface area contributed by atoms with Crippen molar-refractivity contribution in [2.24, 2.45) is 0 Å². The number of hydrogen-bond acceptors (Lipinski definition) is 2. The molecule has 0 radical (unpaired) electrons. The Morgan fingerprint density at radius 3 is 2.57 bits per heavy atom. The largest absolute Gasteiger partial charge is 0.378 e. The molecule has 2 aromatic carbocycles. The highest BCUT2D eigenvalue weighted by Crippen LogP contribution is 2.26. The van der Waals surface area contributed by atoms with Crippen LogP contribution in [0.5, 0.6) is 0 Å². The summed E-state index contributed by atoms with van der Waals surface area (Å²) in [5.41, 5.74) is 3.68. The minimum Gasteiger partial charge on any atom is -0.378 e. The van der Waals surface area contributed by atoms with Crippen molar-refractivity contribution in [2.75, 3.05) is 23.3 Å². The quantitative estimate of drug-likeness (QED) is 0.843. The number of halogens is 1. The second-order valence-electron chi connectivity index (χ2n) is 5.67. The minimum atomic E-state index is 0.234. The van der Waals surface area contributed by atoms with Gasteiger partial charge in [-0.3, -0.25) is 0 Å². The number of benzene rings is 2. The van der Waals surface area contributed by atoms with Gasteiger partial charge in [-0.05, 0) is 55.7 Å². The van der Waals surface area contributed by atoms with Crippen LogP contribution in [-0.2, 0) is 0 Å². The van der Waals surface area contributed by atoms with Crippen molar-refractivity contribution in [1.82, 2.24) is 0 Å². The van der Waals surface area contributed by atoms with E-state index in [0.717, 1.165) is 10.7 Å². The van der Waals surface area contributed by atoms with Gasteiger partial charge in [0.15, 0.2) is 0 Å². The van der Waals surface area contributed by atoms with Crippen LogP contribution in [0.4, 0.5) is 11.4 Å². The molecule has 1 unspecified atom stereocenters. The molecule has 110 valence electrons. The normalized spacial score (nSPS) is 16.0. The SMILES string of the molecule is CC(Nc1cccc(N2CCCC2)c1)c1cccc(Cl)c1. The van der Waals surface area contributed by atoms with Gasteiger partial charge in [0.25, 0.3) is 0 Å². The molecular weight excluding hydrogens is 280 g/mol. The Bertz CT molecular complexity index is 606. The zero-order valence-corrected chi connectivity index (χ0v) is 13.1. The van der Waals surface area contributed by atoms with Crippen LogP contribution in [0.2, 0.25) is 5.02 Å². The summed E-state index contributed by atoms with van der Waals surface area (Å²) in [4.78, 5) is 2.45. The minimum absolute atomic E-state index is 0.234. The molecule has 0 bridgehead atoms. The summed E-state index contributed by atoms with van der Waals surface area (Å²) in [6, 6.07) is 16.9. The summed E-state index contributed by atoms with van der Waals surface area (Å²) < 4.78 is 0. The predicted molar refractivity (Wildman–Crippen MR) is 91.4 cm³/mol. The van der Waals surface area contributed by atoms with Crippen LogP contribution >= 0.6 is 11.6 Å². The van der Waals surface area contributed by atoms with E-state index in [2.05, 4.69) is 47.5 Å². The van der Waals surface area contributed by atoms with Gasteiger partial charge in [-0.2, -0.15) is 0 Å². The van der Waals surface area contributed by atoms with Gasteiger partial charge < -0.3 is 10.2 Å². The second kappa shape index (κ2) is 6.40. The molecule has 3 rings (SSSR count). The standard InChI is InChI=1S/C18H21ClN2/c1-14(15-6-4-7-16(19)12-15)20-17-8-5-9-18(13-17)21-10-2-3-11-21/h4-9,12-14,20H,2-3,10-11H2,1H3. The lowest BCUT2D eigenvalue weighted by Gasteiger charge is -2.20. The molecule has 0 saturated carbocycles. The van der Waals surface area contributed by atoms with E-state index >= 15 is 0 Å². The van der Waals surface area contributed by atoms with Crippen LogP contribution in [-0.4, -0.2) is 13.1 Å². The first-order valence-corrected chi connectivity index (χ1v) is 7.97. The maximum absolute atomic E-state index is 6.07. The van der Waals surface area contributed by atoms with Gasteiger partial charge >= 0.3 is 0 Å². The van der Waals surface area contributed by atoms with Gasteiger partial charge in [-0.15, -0.1) is 0 Å². The topological polar surface area (TPSA) is 15.3 Å². The summed E-state index contributed by atoms with van der Waals surface area (Å²) in [6.07, 6.45) is 2.60. The van der Waals surface area contributed by atoms with Crippen molar-refractivity contribution in [1.29, 1.82) is 0 Å². The van der Waals surface area contributed by atoms with Gasteiger partial charge in [0.1, 0.15) is 0 Å². The fraction of sp³-hybridized carbons (Fsp3) is 0.333. The lowest BCUT2D eigenvalue weighted by molar-refractivity contribution is 0.884. The van der Waals surface area contributed by atoms with E-state index in [0.29, 0.717) is 0 Å². The van der Waals surface area contributed by atoms with Crippen molar-refractivity contribution in [2.45, 2.75) is 25.8 Å². The average Bonchev–Trinajstić information content (AvgIpc) is 3.02. The van der Waals surface area contributed by atoms with Crippen molar-refractivity contribution >= 4 is 23.0 Å². The molecule has 0 spiro atoms.